The number of likely N-dealkylation sites (tertiary alicyclic amines) is 1. The van der Waals surface area contributed by atoms with Crippen LogP contribution in [-0.2, 0) is 11.3 Å². The van der Waals surface area contributed by atoms with E-state index in [1.165, 1.54) is 0 Å². The van der Waals surface area contributed by atoms with Gasteiger partial charge in [0.05, 0.1) is 0 Å². The number of rotatable bonds is 6. The molecule has 10 heteroatoms. The number of guanidine groups is 1. The maximum atomic E-state index is 11.6. The SMILES string of the molecule is CCNC(=NCc1nc(-c2ccc(Cl)cc2)no1)N1CCC(CC(=O)NC)CC1.I. The van der Waals surface area contributed by atoms with Crippen LogP contribution in [0, 0.1) is 5.92 Å². The number of aliphatic imine (C=N–C) groups is 1. The third-order valence-corrected chi connectivity index (χ3v) is 5.19. The normalized spacial score (nSPS) is 14.9. The lowest BCUT2D eigenvalue weighted by Crippen LogP contribution is -2.46. The summed E-state index contributed by atoms with van der Waals surface area (Å²) < 4.78 is 5.35. The molecule has 0 unspecified atom stereocenters. The molecule has 1 fully saturated rings. The summed E-state index contributed by atoms with van der Waals surface area (Å²) in [5.74, 6) is 2.34. The molecule has 1 amide bonds. The zero-order chi connectivity index (χ0) is 20.6. The fraction of sp³-hybridized carbons (Fsp3) is 0.500. The van der Waals surface area contributed by atoms with Crippen molar-refractivity contribution in [3.63, 3.8) is 0 Å². The van der Waals surface area contributed by atoms with E-state index in [0.717, 1.165) is 44.0 Å². The van der Waals surface area contributed by atoms with Crippen molar-refractivity contribution in [1.82, 2.24) is 25.7 Å². The lowest BCUT2D eigenvalue weighted by Gasteiger charge is -2.34. The topological polar surface area (TPSA) is 95.7 Å². The van der Waals surface area contributed by atoms with Crippen molar-refractivity contribution in [2.45, 2.75) is 32.7 Å². The van der Waals surface area contributed by atoms with Gasteiger partial charge in [-0.15, -0.1) is 24.0 Å². The van der Waals surface area contributed by atoms with E-state index < -0.39 is 0 Å². The van der Waals surface area contributed by atoms with Crippen molar-refractivity contribution in [3.05, 3.63) is 35.2 Å². The number of hydrogen-bond donors (Lipinski definition) is 2. The Hall–Kier alpha value is -1.88. The molecule has 1 aliphatic rings. The van der Waals surface area contributed by atoms with Crippen LogP contribution in [0.15, 0.2) is 33.8 Å². The molecule has 2 N–H and O–H groups in total. The Labute approximate surface area is 198 Å². The first-order chi connectivity index (χ1) is 14.1. The van der Waals surface area contributed by atoms with E-state index in [4.69, 9.17) is 16.1 Å². The minimum atomic E-state index is 0. The van der Waals surface area contributed by atoms with Gasteiger partial charge in [0.15, 0.2) is 5.96 Å². The number of piperidine rings is 1. The van der Waals surface area contributed by atoms with Gasteiger partial charge in [-0.05, 0) is 49.9 Å². The van der Waals surface area contributed by atoms with Gasteiger partial charge in [-0.3, -0.25) is 4.79 Å². The summed E-state index contributed by atoms with van der Waals surface area (Å²) >= 11 is 5.92. The highest BCUT2D eigenvalue weighted by atomic mass is 127. The Morgan fingerprint density at radius 3 is 2.63 bits per heavy atom. The van der Waals surface area contributed by atoms with Gasteiger partial charge in [0, 0.05) is 43.7 Å². The fourth-order valence-corrected chi connectivity index (χ4v) is 3.44. The summed E-state index contributed by atoms with van der Waals surface area (Å²) in [6, 6.07) is 7.30. The van der Waals surface area contributed by atoms with Crippen LogP contribution in [0.25, 0.3) is 11.4 Å². The molecule has 0 bridgehead atoms. The minimum Gasteiger partial charge on any atom is -0.359 e. The second kappa shape index (κ2) is 12.1. The van der Waals surface area contributed by atoms with Crippen molar-refractivity contribution in [2.24, 2.45) is 10.9 Å². The average Bonchev–Trinajstić information content (AvgIpc) is 3.21. The quantitative estimate of drug-likeness (QED) is 0.328. The van der Waals surface area contributed by atoms with Crippen LogP contribution in [0.3, 0.4) is 0 Å². The van der Waals surface area contributed by atoms with Crippen LogP contribution in [0.1, 0.15) is 32.1 Å². The molecular weight excluding hydrogens is 519 g/mol. The van der Waals surface area contributed by atoms with Gasteiger partial charge >= 0.3 is 0 Å². The van der Waals surface area contributed by atoms with E-state index in [9.17, 15) is 4.79 Å². The fourth-order valence-electron chi connectivity index (χ4n) is 3.32. The van der Waals surface area contributed by atoms with Crippen LogP contribution >= 0.6 is 35.6 Å². The molecule has 8 nitrogen and oxygen atoms in total. The highest BCUT2D eigenvalue weighted by Gasteiger charge is 2.23. The zero-order valence-electron chi connectivity index (χ0n) is 17.2. The predicted molar refractivity (Wildman–Crippen MR) is 128 cm³/mol. The first-order valence-electron chi connectivity index (χ1n) is 9.91. The van der Waals surface area contributed by atoms with Crippen molar-refractivity contribution in [3.8, 4) is 11.4 Å². The van der Waals surface area contributed by atoms with E-state index in [-0.39, 0.29) is 29.9 Å². The first kappa shape index (κ1) is 24.4. The Balaban J connectivity index is 0.00000320. The lowest BCUT2D eigenvalue weighted by molar-refractivity contribution is -0.121. The van der Waals surface area contributed by atoms with Crippen LogP contribution in [0.4, 0.5) is 0 Å². The maximum Gasteiger partial charge on any atom is 0.248 e. The van der Waals surface area contributed by atoms with E-state index in [1.807, 2.05) is 19.1 Å². The largest absolute Gasteiger partial charge is 0.359 e. The molecule has 1 aliphatic heterocycles. The third-order valence-electron chi connectivity index (χ3n) is 4.94. The van der Waals surface area contributed by atoms with Gasteiger partial charge < -0.3 is 20.1 Å². The van der Waals surface area contributed by atoms with Crippen molar-refractivity contribution in [2.75, 3.05) is 26.7 Å². The van der Waals surface area contributed by atoms with E-state index >= 15 is 0 Å². The number of hydrogen-bond acceptors (Lipinski definition) is 5. The van der Waals surface area contributed by atoms with Gasteiger partial charge in [-0.25, -0.2) is 4.99 Å². The molecule has 30 heavy (non-hydrogen) atoms. The molecule has 0 aliphatic carbocycles. The van der Waals surface area contributed by atoms with Gasteiger partial charge in [0.25, 0.3) is 0 Å². The molecule has 3 rings (SSSR count). The second-order valence-electron chi connectivity index (χ2n) is 7.00. The highest BCUT2D eigenvalue weighted by Crippen LogP contribution is 2.21. The number of aromatic nitrogens is 2. The number of nitrogens with zero attached hydrogens (tertiary/aromatic N) is 4. The molecule has 1 aromatic heterocycles. The molecule has 0 saturated carbocycles. The molecule has 164 valence electrons. The van der Waals surface area contributed by atoms with Crippen LogP contribution in [0.2, 0.25) is 5.02 Å². The molecule has 0 radical (unpaired) electrons. The summed E-state index contributed by atoms with van der Waals surface area (Å²) in [6.07, 6.45) is 2.53. The second-order valence-corrected chi connectivity index (χ2v) is 7.43. The number of amides is 1. The highest BCUT2D eigenvalue weighted by molar-refractivity contribution is 14.0. The number of carbonyl (C=O) groups is 1. The van der Waals surface area contributed by atoms with Crippen LogP contribution in [0.5, 0.6) is 0 Å². The summed E-state index contributed by atoms with van der Waals surface area (Å²) in [5, 5.41) is 10.7. The van der Waals surface area contributed by atoms with Crippen molar-refractivity contribution >= 4 is 47.4 Å². The Morgan fingerprint density at radius 1 is 1.30 bits per heavy atom. The number of nitrogens with one attached hydrogen (secondary N) is 2. The van der Waals surface area contributed by atoms with Gasteiger partial charge in [-0.1, -0.05) is 16.8 Å². The third kappa shape index (κ3) is 6.83. The van der Waals surface area contributed by atoms with Crippen LogP contribution < -0.4 is 10.6 Å². The van der Waals surface area contributed by atoms with Crippen molar-refractivity contribution in [1.29, 1.82) is 0 Å². The molecule has 0 spiro atoms. The Morgan fingerprint density at radius 2 is 2.00 bits per heavy atom. The average molecular weight is 547 g/mol. The Bertz CT molecular complexity index is 834. The van der Waals surface area contributed by atoms with E-state index in [1.54, 1.807) is 19.2 Å². The van der Waals surface area contributed by atoms with Gasteiger partial charge in [0.2, 0.25) is 17.6 Å². The van der Waals surface area contributed by atoms with Gasteiger partial charge in [-0.2, -0.15) is 4.98 Å². The summed E-state index contributed by atoms with van der Waals surface area (Å²) in [5.41, 5.74) is 0.846. The summed E-state index contributed by atoms with van der Waals surface area (Å²) in [4.78, 5) is 22.9. The molecular formula is C20H28ClIN6O2. The van der Waals surface area contributed by atoms with Crippen molar-refractivity contribution < 1.29 is 9.32 Å². The lowest BCUT2D eigenvalue weighted by atomic mass is 9.93. The van der Waals surface area contributed by atoms with E-state index in [0.29, 0.717) is 35.6 Å². The molecule has 1 saturated heterocycles. The number of halogens is 2. The summed E-state index contributed by atoms with van der Waals surface area (Å²) in [6.45, 7) is 4.86. The molecule has 1 aromatic carbocycles. The number of carbonyl (C=O) groups excluding carboxylic acids is 1. The minimum absolute atomic E-state index is 0. The van der Waals surface area contributed by atoms with E-state index in [2.05, 4.69) is 30.7 Å². The molecule has 2 aromatic rings. The molecule has 0 atom stereocenters. The predicted octanol–water partition coefficient (Wildman–Crippen LogP) is 3.32. The smallest absolute Gasteiger partial charge is 0.248 e. The standard InChI is InChI=1S/C20H27ClN6O2.HI/c1-3-23-20(27-10-8-14(9-11-27)12-17(28)22-2)24-13-18-25-19(26-29-18)15-4-6-16(21)7-5-15;/h4-7,14H,3,8-13H2,1-2H3,(H,22,28)(H,23,24);1H. The monoisotopic (exact) mass is 546 g/mol. The Kier molecular flexibility index (Phi) is 9.83. The van der Waals surface area contributed by atoms with Gasteiger partial charge in [0.1, 0.15) is 6.54 Å². The summed E-state index contributed by atoms with van der Waals surface area (Å²) in [7, 11) is 1.68. The first-order valence-corrected chi connectivity index (χ1v) is 10.3. The maximum absolute atomic E-state index is 11.6. The number of benzene rings is 1. The zero-order valence-corrected chi connectivity index (χ0v) is 20.3. The van der Waals surface area contributed by atoms with Crippen LogP contribution in [-0.4, -0.2) is 53.6 Å². The molecule has 2 heterocycles.